The third-order valence-corrected chi connectivity index (χ3v) is 8.14. The highest BCUT2D eigenvalue weighted by molar-refractivity contribution is 7.92. The molecule has 1 aliphatic heterocycles. The van der Waals surface area contributed by atoms with Gasteiger partial charge in [0.2, 0.25) is 5.91 Å². The van der Waals surface area contributed by atoms with Crippen LogP contribution in [-0.2, 0) is 14.8 Å². The van der Waals surface area contributed by atoms with Crippen molar-refractivity contribution in [1.82, 2.24) is 19.4 Å². The summed E-state index contributed by atoms with van der Waals surface area (Å²) in [5.41, 5.74) is 1.75. The SMILES string of the molecule is CC(C(=O)N1CCC(c2ccc(S(=O)(=O)Nc3ccncn3)cc2)CC1)n1ccc2c(F)cccc21. The van der Waals surface area contributed by atoms with Gasteiger partial charge in [0.15, 0.2) is 0 Å². The molecule has 1 unspecified atom stereocenters. The number of nitrogens with zero attached hydrogens (tertiary/aromatic N) is 4. The number of likely N-dealkylation sites (tertiary alicyclic amines) is 1. The second kappa shape index (κ2) is 9.69. The van der Waals surface area contributed by atoms with Crippen LogP contribution in [0, 0.1) is 5.82 Å². The molecule has 1 saturated heterocycles. The van der Waals surface area contributed by atoms with Gasteiger partial charge >= 0.3 is 0 Å². The van der Waals surface area contributed by atoms with Gasteiger partial charge in [0.1, 0.15) is 24.0 Å². The van der Waals surface area contributed by atoms with E-state index in [0.717, 1.165) is 18.4 Å². The molecule has 1 fully saturated rings. The maximum Gasteiger partial charge on any atom is 0.263 e. The smallest absolute Gasteiger partial charge is 0.263 e. The summed E-state index contributed by atoms with van der Waals surface area (Å²) in [6.45, 7) is 3.06. The normalized spacial score (nSPS) is 15.7. The Balaban J connectivity index is 1.22. The van der Waals surface area contributed by atoms with Crippen molar-refractivity contribution in [3.8, 4) is 0 Å². The number of carbonyl (C=O) groups excluding carboxylic acids is 1. The van der Waals surface area contributed by atoms with Gasteiger partial charge in [0.25, 0.3) is 10.0 Å². The Kier molecular flexibility index (Phi) is 6.44. The minimum atomic E-state index is -3.75. The van der Waals surface area contributed by atoms with Gasteiger partial charge in [-0.1, -0.05) is 18.2 Å². The van der Waals surface area contributed by atoms with Gasteiger partial charge in [-0.3, -0.25) is 9.52 Å². The Morgan fingerprint density at radius 2 is 1.83 bits per heavy atom. The van der Waals surface area contributed by atoms with Gasteiger partial charge in [-0.15, -0.1) is 0 Å². The summed E-state index contributed by atoms with van der Waals surface area (Å²) in [6.07, 6.45) is 6.07. The van der Waals surface area contributed by atoms with Crippen LogP contribution in [0.2, 0.25) is 0 Å². The van der Waals surface area contributed by atoms with Crippen molar-refractivity contribution < 1.29 is 17.6 Å². The van der Waals surface area contributed by atoms with Gasteiger partial charge in [-0.25, -0.2) is 22.8 Å². The van der Waals surface area contributed by atoms with E-state index in [2.05, 4.69) is 14.7 Å². The number of aromatic nitrogens is 3. The highest BCUT2D eigenvalue weighted by Gasteiger charge is 2.28. The van der Waals surface area contributed by atoms with E-state index in [1.165, 1.54) is 24.7 Å². The number of anilines is 1. The van der Waals surface area contributed by atoms with Gasteiger partial charge < -0.3 is 9.47 Å². The Bertz CT molecular complexity index is 1480. The first kappa shape index (κ1) is 23.9. The first-order valence-corrected chi connectivity index (χ1v) is 13.2. The van der Waals surface area contributed by atoms with E-state index in [-0.39, 0.29) is 28.4 Å². The van der Waals surface area contributed by atoms with Crippen LogP contribution in [0.4, 0.5) is 10.2 Å². The fraction of sp³-hybridized carbons (Fsp3) is 0.269. The average molecular weight is 508 g/mol. The van der Waals surface area contributed by atoms with Crippen molar-refractivity contribution in [2.45, 2.75) is 36.6 Å². The van der Waals surface area contributed by atoms with Crippen LogP contribution < -0.4 is 4.72 Å². The molecule has 186 valence electrons. The predicted molar refractivity (Wildman–Crippen MR) is 134 cm³/mol. The second-order valence-corrected chi connectivity index (χ2v) is 10.6. The molecule has 0 bridgehead atoms. The summed E-state index contributed by atoms with van der Waals surface area (Å²) in [6, 6.07) is 14.5. The van der Waals surface area contributed by atoms with Crippen molar-refractivity contribution in [2.24, 2.45) is 0 Å². The molecule has 2 aromatic carbocycles. The van der Waals surface area contributed by atoms with Gasteiger partial charge in [-0.2, -0.15) is 0 Å². The highest BCUT2D eigenvalue weighted by atomic mass is 32.2. The molecule has 8 nitrogen and oxygen atoms in total. The molecule has 1 N–H and O–H groups in total. The fourth-order valence-corrected chi connectivity index (χ4v) is 5.78. The van der Waals surface area contributed by atoms with Crippen molar-refractivity contribution in [1.29, 1.82) is 0 Å². The molecular weight excluding hydrogens is 481 g/mol. The summed E-state index contributed by atoms with van der Waals surface area (Å²) in [4.78, 5) is 22.9. The van der Waals surface area contributed by atoms with Crippen molar-refractivity contribution in [3.63, 3.8) is 0 Å². The highest BCUT2D eigenvalue weighted by Crippen LogP contribution is 2.31. The average Bonchev–Trinajstić information content (AvgIpc) is 3.34. The number of benzene rings is 2. The molecule has 0 spiro atoms. The molecule has 10 heteroatoms. The van der Waals surface area contributed by atoms with Crippen LogP contribution in [0.25, 0.3) is 10.9 Å². The van der Waals surface area contributed by atoms with Crippen molar-refractivity contribution in [3.05, 3.63) is 84.7 Å². The van der Waals surface area contributed by atoms with Crippen LogP contribution in [0.1, 0.15) is 37.3 Å². The van der Waals surface area contributed by atoms with Crippen LogP contribution >= 0.6 is 0 Å². The van der Waals surface area contributed by atoms with Gasteiger partial charge in [-0.05, 0) is 67.6 Å². The maximum absolute atomic E-state index is 14.1. The minimum Gasteiger partial charge on any atom is -0.341 e. The van der Waals surface area contributed by atoms with Crippen molar-refractivity contribution >= 4 is 32.7 Å². The summed E-state index contributed by atoms with van der Waals surface area (Å²) in [7, 11) is -3.75. The van der Waals surface area contributed by atoms with E-state index >= 15 is 0 Å². The standard InChI is InChI=1S/C26H26FN5O3S/c1-18(32-16-12-22-23(27)3-2-4-24(22)32)26(33)31-14-10-20(11-15-31)19-5-7-21(8-6-19)36(34,35)30-25-9-13-28-17-29-25/h2-9,12-13,16-18,20H,10-11,14-15H2,1H3,(H,28,29,30). The molecular formula is C26H26FN5O3S. The second-order valence-electron chi connectivity index (χ2n) is 8.94. The van der Waals surface area contributed by atoms with E-state index in [1.807, 2.05) is 34.6 Å². The van der Waals surface area contributed by atoms with E-state index in [4.69, 9.17) is 0 Å². The van der Waals surface area contributed by atoms with Crippen LogP contribution in [0.3, 0.4) is 0 Å². The number of nitrogens with one attached hydrogen (secondary N) is 1. The van der Waals surface area contributed by atoms with Crippen LogP contribution in [-0.4, -0.2) is 46.8 Å². The summed E-state index contributed by atoms with van der Waals surface area (Å²) < 4.78 is 43.6. The monoisotopic (exact) mass is 507 g/mol. The van der Waals surface area contributed by atoms with E-state index in [0.29, 0.717) is 24.0 Å². The van der Waals surface area contributed by atoms with Gasteiger partial charge in [0, 0.05) is 30.9 Å². The van der Waals surface area contributed by atoms with Crippen LogP contribution in [0.5, 0.6) is 0 Å². The quantitative estimate of drug-likeness (QED) is 0.419. The Labute approximate surface area is 208 Å². The third-order valence-electron chi connectivity index (χ3n) is 6.77. The molecule has 1 amide bonds. The number of sulfonamides is 1. The Morgan fingerprint density at radius 3 is 2.53 bits per heavy atom. The third kappa shape index (κ3) is 4.68. The zero-order chi connectivity index (χ0) is 25.3. The lowest BCUT2D eigenvalue weighted by Gasteiger charge is -2.34. The molecule has 0 aliphatic carbocycles. The maximum atomic E-state index is 14.1. The largest absolute Gasteiger partial charge is 0.341 e. The number of hydrogen-bond donors (Lipinski definition) is 1. The topological polar surface area (TPSA) is 97.2 Å². The predicted octanol–water partition coefficient (Wildman–Crippen LogP) is 4.34. The number of carbonyl (C=O) groups is 1. The molecule has 0 radical (unpaired) electrons. The Morgan fingerprint density at radius 1 is 1.08 bits per heavy atom. The summed E-state index contributed by atoms with van der Waals surface area (Å²) >= 11 is 0. The molecule has 1 atom stereocenters. The van der Waals surface area contributed by atoms with Crippen molar-refractivity contribution in [2.75, 3.05) is 17.8 Å². The summed E-state index contributed by atoms with van der Waals surface area (Å²) in [5, 5.41) is 0.508. The number of fused-ring (bicyclic) bond motifs is 1. The number of piperidine rings is 1. The summed E-state index contributed by atoms with van der Waals surface area (Å²) in [5.74, 6) is 0.151. The first-order valence-electron chi connectivity index (χ1n) is 11.8. The van der Waals surface area contributed by atoms with E-state index < -0.39 is 16.1 Å². The van der Waals surface area contributed by atoms with E-state index in [1.54, 1.807) is 30.5 Å². The lowest BCUT2D eigenvalue weighted by molar-refractivity contribution is -0.135. The molecule has 36 heavy (non-hydrogen) atoms. The number of halogens is 1. The molecule has 4 aromatic rings. The minimum absolute atomic E-state index is 0.00690. The molecule has 5 rings (SSSR count). The first-order chi connectivity index (χ1) is 17.3. The van der Waals surface area contributed by atoms with E-state index in [9.17, 15) is 17.6 Å². The lowest BCUT2D eigenvalue weighted by atomic mass is 9.89. The lowest BCUT2D eigenvalue weighted by Crippen LogP contribution is -2.41. The zero-order valence-corrected chi connectivity index (χ0v) is 20.5. The number of rotatable bonds is 6. The molecule has 3 heterocycles. The van der Waals surface area contributed by atoms with Gasteiger partial charge in [0.05, 0.1) is 10.4 Å². The molecule has 2 aromatic heterocycles. The molecule has 1 aliphatic rings. The fourth-order valence-electron chi connectivity index (χ4n) is 4.77. The van der Waals surface area contributed by atoms with Crippen LogP contribution in [0.15, 0.2) is 78.2 Å². The molecule has 0 saturated carbocycles. The zero-order valence-electron chi connectivity index (χ0n) is 19.7. The number of hydrogen-bond acceptors (Lipinski definition) is 5. The number of amides is 1. The Hall–Kier alpha value is -3.79.